The number of hydrogen-bond acceptors (Lipinski definition) is 3. The van der Waals surface area contributed by atoms with Crippen LogP contribution in [-0.4, -0.2) is 66.8 Å². The van der Waals surface area contributed by atoms with Crippen molar-refractivity contribution in [3.8, 4) is 0 Å². The summed E-state index contributed by atoms with van der Waals surface area (Å²) in [5, 5.41) is 0. The maximum Gasteiger partial charge on any atom is 0.228 e. The van der Waals surface area contributed by atoms with Gasteiger partial charge in [0.1, 0.15) is 5.82 Å². The van der Waals surface area contributed by atoms with Crippen molar-refractivity contribution < 1.29 is 14.0 Å². The minimum Gasteiger partial charge on any atom is -0.341 e. The van der Waals surface area contributed by atoms with Gasteiger partial charge in [0.15, 0.2) is 0 Å². The summed E-state index contributed by atoms with van der Waals surface area (Å²) in [7, 11) is 3.94. The van der Waals surface area contributed by atoms with E-state index in [1.54, 1.807) is 17.0 Å². The Morgan fingerprint density at radius 1 is 1.36 bits per heavy atom. The van der Waals surface area contributed by atoms with Crippen molar-refractivity contribution >= 4 is 11.8 Å². The lowest BCUT2D eigenvalue weighted by Crippen LogP contribution is -2.43. The number of fused-ring (bicyclic) bond motifs is 1. The highest BCUT2D eigenvalue weighted by Gasteiger charge is 2.38. The molecule has 6 heteroatoms. The Labute approximate surface area is 148 Å². The molecule has 1 aromatic rings. The highest BCUT2D eigenvalue weighted by atomic mass is 19.1. The van der Waals surface area contributed by atoms with Crippen LogP contribution in [0.15, 0.2) is 18.2 Å². The molecule has 0 aliphatic carbocycles. The fraction of sp³-hybridized carbons (Fsp3) is 0.579. The number of nitrogens with zero attached hydrogens (tertiary/aromatic N) is 3. The highest BCUT2D eigenvalue weighted by Crippen LogP contribution is 2.32. The Kier molecular flexibility index (Phi) is 5.08. The molecule has 1 saturated heterocycles. The lowest BCUT2D eigenvalue weighted by atomic mass is 9.92. The summed E-state index contributed by atoms with van der Waals surface area (Å²) in [6.07, 6.45) is 0.958. The van der Waals surface area contributed by atoms with Crippen molar-refractivity contribution in [1.82, 2.24) is 14.7 Å². The second kappa shape index (κ2) is 7.12. The Morgan fingerprint density at radius 2 is 2.12 bits per heavy atom. The Bertz CT molecular complexity index is 677. The standard InChI is InChI=1S/C19H26FN3O2/c1-13-17-5-4-16(20)10-14(17)6-7-23(13)19(25)15-11-18(24)22(12-15)9-8-21(2)3/h4-5,10,13,15H,6-9,11-12H2,1-3H3/t13-,15-/m1/s1. The minimum absolute atomic E-state index is 0.0446. The van der Waals surface area contributed by atoms with Gasteiger partial charge in [-0.05, 0) is 50.7 Å². The van der Waals surface area contributed by atoms with Crippen molar-refractivity contribution in [2.45, 2.75) is 25.8 Å². The van der Waals surface area contributed by atoms with E-state index in [9.17, 15) is 14.0 Å². The average molecular weight is 347 g/mol. The van der Waals surface area contributed by atoms with Crippen LogP contribution >= 0.6 is 0 Å². The number of halogens is 1. The number of hydrogen-bond donors (Lipinski definition) is 0. The molecule has 2 aliphatic rings. The molecule has 2 aliphatic heterocycles. The van der Waals surface area contributed by atoms with Crippen molar-refractivity contribution in [1.29, 1.82) is 0 Å². The largest absolute Gasteiger partial charge is 0.341 e. The van der Waals surface area contributed by atoms with Gasteiger partial charge in [-0.25, -0.2) is 4.39 Å². The highest BCUT2D eigenvalue weighted by molar-refractivity contribution is 5.89. The number of rotatable bonds is 4. The molecule has 3 rings (SSSR count). The van der Waals surface area contributed by atoms with Gasteiger partial charge in [-0.1, -0.05) is 6.07 Å². The van der Waals surface area contributed by atoms with E-state index in [2.05, 4.69) is 0 Å². The van der Waals surface area contributed by atoms with Gasteiger partial charge in [0.25, 0.3) is 0 Å². The van der Waals surface area contributed by atoms with Crippen LogP contribution in [-0.2, 0) is 16.0 Å². The van der Waals surface area contributed by atoms with E-state index in [4.69, 9.17) is 0 Å². The first kappa shape index (κ1) is 17.9. The summed E-state index contributed by atoms with van der Waals surface area (Å²) in [6, 6.07) is 4.71. The van der Waals surface area contributed by atoms with Crippen molar-refractivity contribution in [2.75, 3.05) is 40.3 Å². The van der Waals surface area contributed by atoms with Crippen LogP contribution in [0.3, 0.4) is 0 Å². The van der Waals surface area contributed by atoms with Gasteiger partial charge in [0, 0.05) is 32.6 Å². The first-order valence-corrected chi connectivity index (χ1v) is 8.88. The number of likely N-dealkylation sites (N-methyl/N-ethyl adjacent to an activating group) is 1. The number of amides is 2. The van der Waals surface area contributed by atoms with Gasteiger partial charge in [0.05, 0.1) is 12.0 Å². The summed E-state index contributed by atoms with van der Waals surface area (Å²) < 4.78 is 13.4. The van der Waals surface area contributed by atoms with E-state index in [0.29, 0.717) is 32.5 Å². The van der Waals surface area contributed by atoms with Crippen LogP contribution < -0.4 is 0 Å². The van der Waals surface area contributed by atoms with E-state index >= 15 is 0 Å². The third kappa shape index (κ3) is 3.68. The summed E-state index contributed by atoms with van der Waals surface area (Å²) in [5.74, 6) is -0.390. The van der Waals surface area contributed by atoms with Crippen LogP contribution in [0.5, 0.6) is 0 Å². The lowest BCUT2D eigenvalue weighted by Gasteiger charge is -2.36. The predicted molar refractivity (Wildman–Crippen MR) is 93.5 cm³/mol. The molecule has 25 heavy (non-hydrogen) atoms. The van der Waals surface area contributed by atoms with Gasteiger partial charge in [0.2, 0.25) is 11.8 Å². The Hall–Kier alpha value is -1.95. The van der Waals surface area contributed by atoms with Gasteiger partial charge in [-0.2, -0.15) is 0 Å². The van der Waals surface area contributed by atoms with E-state index in [0.717, 1.165) is 17.7 Å². The van der Waals surface area contributed by atoms with E-state index in [-0.39, 0.29) is 29.6 Å². The molecule has 2 amide bonds. The summed E-state index contributed by atoms with van der Waals surface area (Å²) in [6.45, 7) is 4.53. The maximum absolute atomic E-state index is 13.4. The Balaban J connectivity index is 1.68. The first-order valence-electron chi connectivity index (χ1n) is 8.88. The molecule has 0 radical (unpaired) electrons. The van der Waals surface area contributed by atoms with E-state index in [1.807, 2.05) is 30.8 Å². The molecule has 0 saturated carbocycles. The van der Waals surface area contributed by atoms with Gasteiger partial charge < -0.3 is 14.7 Å². The first-order chi connectivity index (χ1) is 11.9. The van der Waals surface area contributed by atoms with Crippen LogP contribution in [0.1, 0.15) is 30.5 Å². The molecular weight excluding hydrogens is 321 g/mol. The van der Waals surface area contributed by atoms with Gasteiger partial charge in [-0.15, -0.1) is 0 Å². The number of carbonyl (C=O) groups excluding carboxylic acids is 2. The molecule has 0 N–H and O–H groups in total. The van der Waals surface area contributed by atoms with Crippen LogP contribution in [0.4, 0.5) is 4.39 Å². The molecule has 2 heterocycles. The zero-order valence-electron chi connectivity index (χ0n) is 15.2. The normalized spacial score (nSPS) is 23.3. The molecule has 0 bridgehead atoms. The summed E-state index contributed by atoms with van der Waals surface area (Å²) in [4.78, 5) is 30.9. The molecule has 0 unspecified atom stereocenters. The molecule has 2 atom stereocenters. The molecular formula is C19H26FN3O2. The number of benzene rings is 1. The minimum atomic E-state index is -0.265. The lowest BCUT2D eigenvalue weighted by molar-refractivity contribution is -0.138. The molecule has 0 aromatic heterocycles. The summed E-state index contributed by atoms with van der Waals surface area (Å²) >= 11 is 0. The van der Waals surface area contributed by atoms with Crippen LogP contribution in [0, 0.1) is 11.7 Å². The average Bonchev–Trinajstić information content (AvgIpc) is 2.93. The van der Waals surface area contributed by atoms with E-state index < -0.39 is 0 Å². The maximum atomic E-state index is 13.4. The van der Waals surface area contributed by atoms with E-state index in [1.165, 1.54) is 6.07 Å². The second-order valence-corrected chi connectivity index (χ2v) is 7.34. The number of likely N-dealkylation sites (tertiary alicyclic amines) is 1. The fourth-order valence-electron chi connectivity index (χ4n) is 3.81. The van der Waals surface area contributed by atoms with Crippen molar-refractivity contribution in [3.63, 3.8) is 0 Å². The second-order valence-electron chi connectivity index (χ2n) is 7.34. The van der Waals surface area contributed by atoms with Gasteiger partial charge in [-0.3, -0.25) is 9.59 Å². The SMILES string of the molecule is C[C@@H]1c2ccc(F)cc2CCN1C(=O)[C@@H]1CC(=O)N(CCN(C)C)C1. The predicted octanol–water partition coefficient (Wildman–Crippen LogP) is 1.68. The Morgan fingerprint density at radius 3 is 2.84 bits per heavy atom. The molecule has 1 fully saturated rings. The quantitative estimate of drug-likeness (QED) is 0.832. The molecule has 0 spiro atoms. The topological polar surface area (TPSA) is 43.9 Å². The third-order valence-electron chi connectivity index (χ3n) is 5.31. The molecule has 1 aromatic carbocycles. The smallest absolute Gasteiger partial charge is 0.228 e. The molecule has 136 valence electrons. The van der Waals surface area contributed by atoms with Crippen LogP contribution in [0.2, 0.25) is 0 Å². The van der Waals surface area contributed by atoms with Gasteiger partial charge >= 0.3 is 0 Å². The van der Waals surface area contributed by atoms with Crippen molar-refractivity contribution in [3.05, 3.63) is 35.1 Å². The zero-order valence-corrected chi connectivity index (χ0v) is 15.2. The zero-order chi connectivity index (χ0) is 18.1. The third-order valence-corrected chi connectivity index (χ3v) is 5.31. The van der Waals surface area contributed by atoms with Crippen molar-refractivity contribution in [2.24, 2.45) is 5.92 Å². The molecule has 5 nitrogen and oxygen atoms in total. The number of carbonyl (C=O) groups is 2. The van der Waals surface area contributed by atoms with Crippen LogP contribution in [0.25, 0.3) is 0 Å². The monoisotopic (exact) mass is 347 g/mol. The summed E-state index contributed by atoms with van der Waals surface area (Å²) in [5.41, 5.74) is 1.99. The fourth-order valence-corrected chi connectivity index (χ4v) is 3.81.